The lowest BCUT2D eigenvalue weighted by molar-refractivity contribution is 0.122. The molecule has 1 aromatic heterocycles. The van der Waals surface area contributed by atoms with Gasteiger partial charge in [-0.1, -0.05) is 43.3 Å². The van der Waals surface area contributed by atoms with Gasteiger partial charge in [-0.2, -0.15) is 0 Å². The molecule has 0 radical (unpaired) electrons. The summed E-state index contributed by atoms with van der Waals surface area (Å²) in [5, 5.41) is 2.49. The van der Waals surface area contributed by atoms with Crippen LogP contribution in [0.5, 0.6) is 0 Å². The number of ether oxygens (including phenoxy) is 1. The Bertz CT molecular complexity index is 1130. The minimum Gasteiger partial charge on any atom is -0.378 e. The number of benzene rings is 2. The molecular weight excluding hydrogens is 408 g/mol. The van der Waals surface area contributed by atoms with Crippen LogP contribution in [0.1, 0.15) is 25.1 Å². The second-order valence-corrected chi connectivity index (χ2v) is 8.99. The topological polar surface area (TPSA) is 31.8 Å². The van der Waals surface area contributed by atoms with Crippen LogP contribution in [0.3, 0.4) is 0 Å². The summed E-state index contributed by atoms with van der Waals surface area (Å²) in [6.07, 6.45) is 2.23. The van der Waals surface area contributed by atoms with E-state index in [-0.39, 0.29) is 0 Å². The van der Waals surface area contributed by atoms with Crippen molar-refractivity contribution >= 4 is 33.9 Å². The highest BCUT2D eigenvalue weighted by molar-refractivity contribution is 5.94. The minimum absolute atomic E-state index is 0.801. The van der Waals surface area contributed by atoms with Gasteiger partial charge in [0.25, 0.3) is 0 Å². The van der Waals surface area contributed by atoms with Crippen molar-refractivity contribution in [2.75, 3.05) is 68.8 Å². The van der Waals surface area contributed by atoms with Crippen molar-refractivity contribution in [2.45, 2.75) is 13.8 Å². The molecule has 5 heteroatoms. The fraction of sp³-hybridized carbons (Fsp3) is 0.393. The third-order valence-corrected chi connectivity index (χ3v) is 6.90. The molecule has 3 aromatic rings. The maximum Gasteiger partial charge on any atom is 0.137 e. The summed E-state index contributed by atoms with van der Waals surface area (Å²) in [5.74, 6) is 1.12. The van der Waals surface area contributed by atoms with Gasteiger partial charge in [-0.15, -0.1) is 0 Å². The van der Waals surface area contributed by atoms with Crippen molar-refractivity contribution in [3.8, 4) is 0 Å². The highest BCUT2D eigenvalue weighted by Crippen LogP contribution is 2.29. The summed E-state index contributed by atoms with van der Waals surface area (Å²) >= 11 is 0. The first-order chi connectivity index (χ1) is 16.2. The highest BCUT2D eigenvalue weighted by atomic mass is 16.5. The summed E-state index contributed by atoms with van der Waals surface area (Å²) in [6.45, 7) is 13.3. The molecule has 5 nitrogen and oxygen atoms in total. The lowest BCUT2D eigenvalue weighted by atomic mass is 10.0. The molecule has 33 heavy (non-hydrogen) atoms. The second-order valence-electron chi connectivity index (χ2n) is 8.99. The first-order valence-corrected chi connectivity index (χ1v) is 12.2. The minimum atomic E-state index is 0.801. The third kappa shape index (κ3) is 4.90. The molecule has 0 amide bonds. The van der Waals surface area contributed by atoms with Gasteiger partial charge in [0.05, 0.1) is 18.9 Å². The van der Waals surface area contributed by atoms with Crippen LogP contribution in [0, 0.1) is 0 Å². The first-order valence-electron chi connectivity index (χ1n) is 12.2. The Morgan fingerprint density at radius 2 is 1.70 bits per heavy atom. The maximum absolute atomic E-state index is 5.52. The summed E-state index contributed by atoms with van der Waals surface area (Å²) < 4.78 is 5.52. The smallest absolute Gasteiger partial charge is 0.137 e. The third-order valence-electron chi connectivity index (χ3n) is 6.90. The number of rotatable bonds is 5. The van der Waals surface area contributed by atoms with E-state index in [0.29, 0.717) is 0 Å². The number of allylic oxidation sites excluding steroid dienone is 1. The van der Waals surface area contributed by atoms with E-state index in [4.69, 9.17) is 9.72 Å². The number of morpholine rings is 1. The zero-order valence-electron chi connectivity index (χ0n) is 19.8. The number of anilines is 2. The van der Waals surface area contributed by atoms with Crippen LogP contribution in [0.25, 0.3) is 22.4 Å². The molecule has 3 heterocycles. The van der Waals surface area contributed by atoms with E-state index >= 15 is 0 Å². The summed E-state index contributed by atoms with van der Waals surface area (Å²) in [7, 11) is 0. The van der Waals surface area contributed by atoms with Crippen LogP contribution in [0.2, 0.25) is 0 Å². The van der Waals surface area contributed by atoms with Crippen molar-refractivity contribution < 1.29 is 4.74 Å². The Hall–Kier alpha value is -2.89. The number of pyridine rings is 1. The molecule has 5 rings (SSSR count). The number of piperazine rings is 1. The normalized spacial score (nSPS) is 18.2. The molecule has 2 aromatic carbocycles. The number of likely N-dealkylation sites (N-methyl/N-ethyl adjacent to an activating group) is 1. The predicted molar refractivity (Wildman–Crippen MR) is 139 cm³/mol. The zero-order valence-corrected chi connectivity index (χ0v) is 19.8. The summed E-state index contributed by atoms with van der Waals surface area (Å²) in [6, 6.07) is 19.7. The average Bonchev–Trinajstić information content (AvgIpc) is 2.89. The van der Waals surface area contributed by atoms with Gasteiger partial charge in [-0.25, -0.2) is 4.98 Å². The molecule has 0 saturated carbocycles. The van der Waals surface area contributed by atoms with Crippen molar-refractivity contribution in [3.05, 3.63) is 65.9 Å². The van der Waals surface area contributed by atoms with Gasteiger partial charge in [0, 0.05) is 50.3 Å². The molecule has 2 fully saturated rings. The second kappa shape index (κ2) is 9.94. The molecular formula is C28H34N4O. The standard InChI is InChI=1S/C28H34N4O/c1-3-30-11-13-32(14-12-30)28-27-10-5-4-7-24(27)20-25(29-28)19-22(2)23-8-6-9-26(21-23)31-15-17-33-18-16-31/h4-10,19-21H,3,11-18H2,1-2H3/b22-19+. The Kier molecular flexibility index (Phi) is 6.60. The van der Waals surface area contributed by atoms with Crippen LogP contribution in [0.15, 0.2) is 54.6 Å². The molecule has 0 atom stereocenters. The maximum atomic E-state index is 5.52. The number of hydrogen-bond acceptors (Lipinski definition) is 5. The quantitative estimate of drug-likeness (QED) is 0.568. The van der Waals surface area contributed by atoms with Crippen molar-refractivity contribution in [1.29, 1.82) is 0 Å². The summed E-state index contributed by atoms with van der Waals surface area (Å²) in [5.41, 5.74) is 4.77. The van der Waals surface area contributed by atoms with E-state index in [2.05, 4.69) is 89.2 Å². The monoisotopic (exact) mass is 442 g/mol. The highest BCUT2D eigenvalue weighted by Gasteiger charge is 2.19. The van der Waals surface area contributed by atoms with Crippen LogP contribution in [0.4, 0.5) is 11.5 Å². The number of fused-ring (bicyclic) bond motifs is 1. The van der Waals surface area contributed by atoms with Gasteiger partial charge >= 0.3 is 0 Å². The van der Waals surface area contributed by atoms with E-state index in [1.807, 2.05) is 0 Å². The van der Waals surface area contributed by atoms with E-state index < -0.39 is 0 Å². The van der Waals surface area contributed by atoms with Crippen LogP contribution in [-0.4, -0.2) is 68.9 Å². The molecule has 0 spiro atoms. The SMILES string of the molecule is CCN1CCN(c2nc(/C=C(\C)c3cccc(N4CCOCC4)c3)cc3ccccc23)CC1. The number of nitrogens with zero attached hydrogens (tertiary/aromatic N) is 4. The van der Waals surface area contributed by atoms with Gasteiger partial charge in [0.15, 0.2) is 0 Å². The van der Waals surface area contributed by atoms with Gasteiger partial charge in [-0.05, 0) is 54.3 Å². The fourth-order valence-electron chi connectivity index (χ4n) is 4.87. The van der Waals surface area contributed by atoms with Gasteiger partial charge in [0.1, 0.15) is 5.82 Å². The van der Waals surface area contributed by atoms with E-state index in [1.54, 1.807) is 0 Å². The lowest BCUT2D eigenvalue weighted by Crippen LogP contribution is -2.46. The molecule has 0 unspecified atom stereocenters. The van der Waals surface area contributed by atoms with Gasteiger partial charge in [-0.3, -0.25) is 0 Å². The van der Waals surface area contributed by atoms with Crippen molar-refractivity contribution in [1.82, 2.24) is 9.88 Å². The Morgan fingerprint density at radius 1 is 0.909 bits per heavy atom. The molecule has 172 valence electrons. The molecule has 2 aliphatic rings. The predicted octanol–water partition coefficient (Wildman–Crippen LogP) is 4.77. The molecule has 0 aliphatic carbocycles. The molecule has 2 saturated heterocycles. The van der Waals surface area contributed by atoms with Gasteiger partial charge < -0.3 is 19.4 Å². The van der Waals surface area contributed by atoms with Gasteiger partial charge in [0.2, 0.25) is 0 Å². The largest absolute Gasteiger partial charge is 0.378 e. The average molecular weight is 443 g/mol. The Labute approximate surface area is 197 Å². The molecule has 2 aliphatic heterocycles. The molecule has 0 N–H and O–H groups in total. The van der Waals surface area contributed by atoms with Crippen LogP contribution in [-0.2, 0) is 4.74 Å². The van der Waals surface area contributed by atoms with Crippen LogP contribution >= 0.6 is 0 Å². The number of aromatic nitrogens is 1. The van der Waals surface area contributed by atoms with Crippen molar-refractivity contribution in [3.63, 3.8) is 0 Å². The molecule has 0 bridgehead atoms. The van der Waals surface area contributed by atoms with E-state index in [9.17, 15) is 0 Å². The summed E-state index contributed by atoms with van der Waals surface area (Å²) in [4.78, 5) is 12.5. The lowest BCUT2D eigenvalue weighted by Gasteiger charge is -2.35. The Morgan fingerprint density at radius 3 is 2.48 bits per heavy atom. The van der Waals surface area contributed by atoms with E-state index in [0.717, 1.165) is 70.5 Å². The van der Waals surface area contributed by atoms with Crippen LogP contribution < -0.4 is 9.80 Å². The first kappa shape index (κ1) is 21.9. The zero-order chi connectivity index (χ0) is 22.6. The Balaban J connectivity index is 1.46. The fourth-order valence-corrected chi connectivity index (χ4v) is 4.87. The van der Waals surface area contributed by atoms with E-state index in [1.165, 1.54) is 27.6 Å². The van der Waals surface area contributed by atoms with Crippen molar-refractivity contribution in [2.24, 2.45) is 0 Å². The number of hydrogen-bond donors (Lipinski definition) is 0.